The molecule has 9 nitrogen and oxygen atoms in total. The Labute approximate surface area is 177 Å². The van der Waals surface area contributed by atoms with Crippen LogP contribution in [-0.2, 0) is 14.8 Å². The Morgan fingerprint density at radius 3 is 2.40 bits per heavy atom. The standard InChI is InChI=1S/C20H28N6O3S/c1-5-21-19-13-20(23-15(3)22-19)25-8-10-26(11-9-25)30(28,29)18-7-6-17(12-14(18)2)24-16(4)27/h6-7,12-13H,5,8-11H2,1-4H3,(H,24,27)(H,21,22,23). The molecule has 0 unspecified atom stereocenters. The van der Waals surface area contributed by atoms with Gasteiger partial charge in [0.05, 0.1) is 4.90 Å². The molecule has 1 aromatic carbocycles. The summed E-state index contributed by atoms with van der Waals surface area (Å²) >= 11 is 0. The molecule has 2 aromatic rings. The lowest BCUT2D eigenvalue weighted by Gasteiger charge is -2.35. The zero-order chi connectivity index (χ0) is 21.9. The van der Waals surface area contributed by atoms with Crippen LogP contribution in [0.5, 0.6) is 0 Å². The average molecular weight is 433 g/mol. The van der Waals surface area contributed by atoms with Crippen molar-refractivity contribution in [1.29, 1.82) is 0 Å². The number of piperazine rings is 1. The fourth-order valence-electron chi connectivity index (χ4n) is 3.50. The van der Waals surface area contributed by atoms with E-state index in [9.17, 15) is 13.2 Å². The van der Waals surface area contributed by atoms with Crippen LogP contribution in [0.2, 0.25) is 0 Å². The molecule has 0 bridgehead atoms. The van der Waals surface area contributed by atoms with Gasteiger partial charge in [0, 0.05) is 51.4 Å². The molecular weight excluding hydrogens is 404 g/mol. The molecule has 1 aromatic heterocycles. The lowest BCUT2D eigenvalue weighted by Crippen LogP contribution is -2.49. The zero-order valence-electron chi connectivity index (χ0n) is 17.8. The van der Waals surface area contributed by atoms with Gasteiger partial charge in [-0.2, -0.15) is 4.31 Å². The first-order valence-corrected chi connectivity index (χ1v) is 11.4. The van der Waals surface area contributed by atoms with Gasteiger partial charge in [0.1, 0.15) is 17.5 Å². The van der Waals surface area contributed by atoms with E-state index in [2.05, 4.69) is 25.5 Å². The van der Waals surface area contributed by atoms with Gasteiger partial charge >= 0.3 is 0 Å². The van der Waals surface area contributed by atoms with Gasteiger partial charge in [-0.1, -0.05) is 0 Å². The summed E-state index contributed by atoms with van der Waals surface area (Å²) < 4.78 is 27.8. The van der Waals surface area contributed by atoms with E-state index < -0.39 is 10.0 Å². The second kappa shape index (κ2) is 8.97. The van der Waals surface area contributed by atoms with Crippen molar-refractivity contribution >= 4 is 33.3 Å². The normalized spacial score (nSPS) is 15.1. The highest BCUT2D eigenvalue weighted by molar-refractivity contribution is 7.89. The van der Waals surface area contributed by atoms with Crippen LogP contribution in [0.25, 0.3) is 0 Å². The van der Waals surface area contributed by atoms with Crippen LogP contribution >= 0.6 is 0 Å². The van der Waals surface area contributed by atoms with Gasteiger partial charge in [-0.15, -0.1) is 0 Å². The summed E-state index contributed by atoms with van der Waals surface area (Å²) in [4.78, 5) is 22.4. The van der Waals surface area contributed by atoms with Crippen LogP contribution in [0.4, 0.5) is 17.3 Å². The highest BCUT2D eigenvalue weighted by Gasteiger charge is 2.30. The predicted octanol–water partition coefficient (Wildman–Crippen LogP) is 1.99. The maximum Gasteiger partial charge on any atom is 0.243 e. The molecule has 0 spiro atoms. The van der Waals surface area contributed by atoms with E-state index in [0.717, 1.165) is 18.2 Å². The van der Waals surface area contributed by atoms with Crippen molar-refractivity contribution in [2.24, 2.45) is 0 Å². The van der Waals surface area contributed by atoms with E-state index in [4.69, 9.17) is 0 Å². The number of nitrogens with zero attached hydrogens (tertiary/aromatic N) is 4. The molecule has 1 aliphatic heterocycles. The van der Waals surface area contributed by atoms with Crippen molar-refractivity contribution in [3.05, 3.63) is 35.7 Å². The molecular formula is C20H28N6O3S. The van der Waals surface area contributed by atoms with Crippen LogP contribution in [0, 0.1) is 13.8 Å². The molecule has 0 saturated carbocycles. The van der Waals surface area contributed by atoms with Crippen LogP contribution in [0.1, 0.15) is 25.2 Å². The molecule has 1 amide bonds. The predicted molar refractivity (Wildman–Crippen MR) is 117 cm³/mol. The average Bonchev–Trinajstić information content (AvgIpc) is 2.67. The Balaban J connectivity index is 1.73. The number of hydrogen-bond acceptors (Lipinski definition) is 7. The fraction of sp³-hybridized carbons (Fsp3) is 0.450. The van der Waals surface area contributed by atoms with Crippen molar-refractivity contribution in [1.82, 2.24) is 14.3 Å². The molecule has 30 heavy (non-hydrogen) atoms. The number of benzene rings is 1. The number of rotatable bonds is 6. The van der Waals surface area contributed by atoms with Crippen molar-refractivity contribution in [2.75, 3.05) is 48.3 Å². The number of sulfonamides is 1. The highest BCUT2D eigenvalue weighted by atomic mass is 32.2. The smallest absolute Gasteiger partial charge is 0.243 e. The lowest BCUT2D eigenvalue weighted by atomic mass is 10.2. The third-order valence-electron chi connectivity index (χ3n) is 4.86. The van der Waals surface area contributed by atoms with Crippen molar-refractivity contribution < 1.29 is 13.2 Å². The van der Waals surface area contributed by atoms with Gasteiger partial charge in [0.2, 0.25) is 15.9 Å². The van der Waals surface area contributed by atoms with E-state index in [1.165, 1.54) is 11.2 Å². The summed E-state index contributed by atoms with van der Waals surface area (Å²) in [6.07, 6.45) is 0. The number of anilines is 3. The van der Waals surface area contributed by atoms with E-state index >= 15 is 0 Å². The van der Waals surface area contributed by atoms with E-state index in [1.54, 1.807) is 25.1 Å². The maximum absolute atomic E-state index is 13.2. The molecule has 1 aliphatic rings. The minimum atomic E-state index is -3.62. The quantitative estimate of drug-likeness (QED) is 0.719. The maximum atomic E-state index is 13.2. The Morgan fingerprint density at radius 2 is 1.80 bits per heavy atom. The summed E-state index contributed by atoms with van der Waals surface area (Å²) in [6.45, 7) is 9.60. The summed E-state index contributed by atoms with van der Waals surface area (Å²) in [5.74, 6) is 2.04. The van der Waals surface area contributed by atoms with Gasteiger partial charge in [-0.05, 0) is 44.5 Å². The fourth-order valence-corrected chi connectivity index (χ4v) is 5.13. The first-order chi connectivity index (χ1) is 14.2. The highest BCUT2D eigenvalue weighted by Crippen LogP contribution is 2.25. The van der Waals surface area contributed by atoms with Crippen molar-refractivity contribution in [2.45, 2.75) is 32.6 Å². The number of carbonyl (C=O) groups excluding carboxylic acids is 1. The van der Waals surface area contributed by atoms with Crippen LogP contribution in [-0.4, -0.2) is 61.3 Å². The molecule has 0 radical (unpaired) electrons. The number of nitrogens with one attached hydrogen (secondary N) is 2. The van der Waals surface area contributed by atoms with Crippen LogP contribution in [0.15, 0.2) is 29.2 Å². The second-order valence-electron chi connectivity index (χ2n) is 7.24. The van der Waals surface area contributed by atoms with Crippen molar-refractivity contribution in [3.63, 3.8) is 0 Å². The van der Waals surface area contributed by atoms with Crippen molar-refractivity contribution in [3.8, 4) is 0 Å². The number of carbonyl (C=O) groups is 1. The van der Waals surface area contributed by atoms with E-state index in [0.29, 0.717) is 43.3 Å². The van der Waals surface area contributed by atoms with E-state index in [-0.39, 0.29) is 10.8 Å². The molecule has 162 valence electrons. The summed E-state index contributed by atoms with van der Waals surface area (Å²) in [5.41, 5.74) is 1.18. The third-order valence-corrected chi connectivity index (χ3v) is 6.92. The number of hydrogen-bond donors (Lipinski definition) is 2. The first-order valence-electron chi connectivity index (χ1n) is 9.93. The number of aromatic nitrogens is 2. The summed E-state index contributed by atoms with van der Waals surface area (Å²) in [6, 6.07) is 6.74. The zero-order valence-corrected chi connectivity index (χ0v) is 18.6. The van der Waals surface area contributed by atoms with Crippen LogP contribution in [0.3, 0.4) is 0 Å². The van der Waals surface area contributed by atoms with Gasteiger partial charge in [-0.25, -0.2) is 18.4 Å². The SMILES string of the molecule is CCNc1cc(N2CCN(S(=O)(=O)c3ccc(NC(C)=O)cc3C)CC2)nc(C)n1. The molecule has 0 aliphatic carbocycles. The topological polar surface area (TPSA) is 108 Å². The van der Waals surface area contributed by atoms with Gasteiger partial charge in [-0.3, -0.25) is 4.79 Å². The molecule has 2 N–H and O–H groups in total. The molecule has 1 fully saturated rings. The monoisotopic (exact) mass is 432 g/mol. The third kappa shape index (κ3) is 4.88. The molecule has 10 heteroatoms. The number of aryl methyl sites for hydroxylation is 2. The van der Waals surface area contributed by atoms with Gasteiger partial charge in [0.25, 0.3) is 0 Å². The Hall–Kier alpha value is -2.72. The Morgan fingerprint density at radius 1 is 1.10 bits per heavy atom. The minimum Gasteiger partial charge on any atom is -0.370 e. The number of amides is 1. The second-order valence-corrected chi connectivity index (χ2v) is 9.15. The van der Waals surface area contributed by atoms with Gasteiger partial charge in [0.15, 0.2) is 0 Å². The Kier molecular flexibility index (Phi) is 6.57. The van der Waals surface area contributed by atoms with E-state index in [1.807, 2.05) is 19.9 Å². The van der Waals surface area contributed by atoms with Crippen LogP contribution < -0.4 is 15.5 Å². The Bertz CT molecular complexity index is 1030. The molecule has 1 saturated heterocycles. The summed E-state index contributed by atoms with van der Waals surface area (Å²) in [7, 11) is -3.62. The lowest BCUT2D eigenvalue weighted by molar-refractivity contribution is -0.114. The molecule has 3 rings (SSSR count). The summed E-state index contributed by atoms with van der Waals surface area (Å²) in [5, 5.41) is 5.87. The molecule has 2 heterocycles. The molecule has 0 atom stereocenters. The first kappa shape index (κ1) is 22.0. The largest absolute Gasteiger partial charge is 0.370 e. The van der Waals surface area contributed by atoms with Gasteiger partial charge < -0.3 is 15.5 Å². The minimum absolute atomic E-state index is 0.196.